The minimum absolute atomic E-state index is 0.0493. The first-order chi connectivity index (χ1) is 9.58. The van der Waals surface area contributed by atoms with Gasteiger partial charge in [-0.3, -0.25) is 9.59 Å². The van der Waals surface area contributed by atoms with Crippen LogP contribution in [-0.2, 0) is 17.9 Å². The molecule has 2 aromatic heterocycles. The van der Waals surface area contributed by atoms with Crippen molar-refractivity contribution >= 4 is 17.2 Å². The number of hydrogen-bond donors (Lipinski definition) is 1. The van der Waals surface area contributed by atoms with Crippen LogP contribution in [0.4, 0.5) is 0 Å². The summed E-state index contributed by atoms with van der Waals surface area (Å²) in [6.07, 6.45) is 1.80. The number of primary amides is 1. The number of fused-ring (bicyclic) bond motifs is 1. The zero-order valence-electron chi connectivity index (χ0n) is 11.0. The number of aryl methyl sites for hydroxylation is 1. The largest absolute Gasteiger partial charge is 0.373 e. The standard InChI is InChI=1S/C14H14N2O3S/c1-8-4-11(20-7-8)9-5-16-2-3-19-6-10(16)12(13(9)17)14(15)18/h4-5,7H,2-3,6H2,1H3,(H2,15,18). The van der Waals surface area contributed by atoms with Crippen molar-refractivity contribution in [3.05, 3.63) is 44.7 Å². The first-order valence-electron chi connectivity index (χ1n) is 6.27. The van der Waals surface area contributed by atoms with E-state index in [1.54, 1.807) is 6.20 Å². The number of nitrogens with two attached hydrogens (primary N) is 1. The van der Waals surface area contributed by atoms with Crippen LogP contribution in [0.3, 0.4) is 0 Å². The molecule has 2 aromatic rings. The highest BCUT2D eigenvalue weighted by atomic mass is 32.1. The van der Waals surface area contributed by atoms with E-state index in [0.29, 0.717) is 24.4 Å². The molecule has 20 heavy (non-hydrogen) atoms. The van der Waals surface area contributed by atoms with E-state index in [1.165, 1.54) is 11.3 Å². The van der Waals surface area contributed by atoms with E-state index in [2.05, 4.69) is 0 Å². The van der Waals surface area contributed by atoms with Gasteiger partial charge in [0.1, 0.15) is 5.56 Å². The summed E-state index contributed by atoms with van der Waals surface area (Å²) < 4.78 is 7.22. The van der Waals surface area contributed by atoms with Gasteiger partial charge in [-0.15, -0.1) is 11.3 Å². The van der Waals surface area contributed by atoms with Crippen LogP contribution in [0.15, 0.2) is 22.4 Å². The molecule has 1 aliphatic heterocycles. The molecule has 0 saturated carbocycles. The summed E-state index contributed by atoms with van der Waals surface area (Å²) in [5, 5.41) is 1.98. The Morgan fingerprint density at radius 3 is 2.95 bits per heavy atom. The van der Waals surface area contributed by atoms with Gasteiger partial charge in [-0.1, -0.05) is 0 Å². The normalized spacial score (nSPS) is 14.1. The van der Waals surface area contributed by atoms with Crippen LogP contribution in [0, 0.1) is 6.92 Å². The predicted octanol–water partition coefficient (Wildman–Crippen LogP) is 1.51. The second-order valence-corrected chi connectivity index (χ2v) is 5.70. The Morgan fingerprint density at radius 1 is 1.50 bits per heavy atom. The summed E-state index contributed by atoms with van der Waals surface area (Å²) in [7, 11) is 0. The lowest BCUT2D eigenvalue weighted by Gasteiger charge is -2.22. The van der Waals surface area contributed by atoms with Crippen molar-refractivity contribution in [1.29, 1.82) is 0 Å². The minimum Gasteiger partial charge on any atom is -0.373 e. The van der Waals surface area contributed by atoms with E-state index in [4.69, 9.17) is 10.5 Å². The fourth-order valence-electron chi connectivity index (χ4n) is 2.39. The third kappa shape index (κ3) is 2.07. The van der Waals surface area contributed by atoms with Gasteiger partial charge in [0, 0.05) is 17.6 Å². The Morgan fingerprint density at radius 2 is 2.30 bits per heavy atom. The molecule has 0 bridgehead atoms. The fraction of sp³-hybridized carbons (Fsp3) is 0.286. The SMILES string of the molecule is Cc1csc(-c2cn3c(c(C(N)=O)c2=O)COCC3)c1. The molecule has 1 amide bonds. The molecule has 0 unspecified atom stereocenters. The molecule has 3 heterocycles. The van der Waals surface area contributed by atoms with Gasteiger partial charge in [-0.05, 0) is 23.9 Å². The van der Waals surface area contributed by atoms with E-state index in [1.807, 2.05) is 22.9 Å². The number of pyridine rings is 1. The van der Waals surface area contributed by atoms with Crippen LogP contribution in [0.2, 0.25) is 0 Å². The van der Waals surface area contributed by atoms with Gasteiger partial charge in [0.2, 0.25) is 5.43 Å². The highest BCUT2D eigenvalue weighted by Crippen LogP contribution is 2.26. The molecule has 0 aromatic carbocycles. The smallest absolute Gasteiger partial charge is 0.254 e. The third-order valence-corrected chi connectivity index (χ3v) is 4.43. The molecule has 2 N–H and O–H groups in total. The number of carbonyl (C=O) groups is 1. The summed E-state index contributed by atoms with van der Waals surface area (Å²) in [5.74, 6) is -0.695. The van der Waals surface area contributed by atoms with Crippen molar-refractivity contribution in [2.45, 2.75) is 20.1 Å². The minimum atomic E-state index is -0.695. The Balaban J connectivity index is 2.29. The lowest BCUT2D eigenvalue weighted by atomic mass is 10.1. The first kappa shape index (κ1) is 13.1. The maximum absolute atomic E-state index is 12.5. The number of hydrogen-bond acceptors (Lipinski definition) is 4. The summed E-state index contributed by atoms with van der Waals surface area (Å²) >= 11 is 1.49. The Labute approximate surface area is 119 Å². The van der Waals surface area contributed by atoms with Crippen LogP contribution < -0.4 is 11.2 Å². The lowest BCUT2D eigenvalue weighted by Crippen LogP contribution is -2.31. The monoisotopic (exact) mass is 290 g/mol. The quantitative estimate of drug-likeness (QED) is 0.911. The van der Waals surface area contributed by atoms with Crippen LogP contribution >= 0.6 is 11.3 Å². The zero-order chi connectivity index (χ0) is 14.3. The van der Waals surface area contributed by atoms with Gasteiger partial charge in [0.25, 0.3) is 5.91 Å². The number of nitrogens with zero attached hydrogens (tertiary/aromatic N) is 1. The number of rotatable bonds is 2. The second kappa shape index (κ2) is 4.88. The van der Waals surface area contributed by atoms with Gasteiger partial charge in [0.05, 0.1) is 24.5 Å². The molecule has 1 aliphatic rings. The summed E-state index contributed by atoms with van der Waals surface area (Å²) in [4.78, 5) is 25.0. The number of aromatic nitrogens is 1. The van der Waals surface area contributed by atoms with Crippen molar-refractivity contribution < 1.29 is 9.53 Å². The average molecular weight is 290 g/mol. The molecule has 0 aliphatic carbocycles. The van der Waals surface area contributed by atoms with E-state index < -0.39 is 5.91 Å². The van der Waals surface area contributed by atoms with Crippen LogP contribution in [0.1, 0.15) is 21.6 Å². The van der Waals surface area contributed by atoms with E-state index in [0.717, 1.165) is 10.4 Å². The third-order valence-electron chi connectivity index (χ3n) is 3.35. The number of ether oxygens (including phenoxy) is 1. The van der Waals surface area contributed by atoms with Crippen molar-refractivity contribution in [1.82, 2.24) is 4.57 Å². The number of carbonyl (C=O) groups excluding carboxylic acids is 1. The first-order valence-corrected chi connectivity index (χ1v) is 7.15. The van der Waals surface area contributed by atoms with Crippen molar-refractivity contribution in [3.8, 4) is 10.4 Å². The Hall–Kier alpha value is -1.92. The number of thiophene rings is 1. The molecule has 104 valence electrons. The second-order valence-electron chi connectivity index (χ2n) is 4.79. The Bertz CT molecular complexity index is 745. The van der Waals surface area contributed by atoms with E-state index in [9.17, 15) is 9.59 Å². The zero-order valence-corrected chi connectivity index (χ0v) is 11.8. The topological polar surface area (TPSA) is 74.3 Å². The summed E-state index contributed by atoms with van der Waals surface area (Å²) in [6.45, 7) is 3.40. The summed E-state index contributed by atoms with van der Waals surface area (Å²) in [6, 6.07) is 1.94. The van der Waals surface area contributed by atoms with Crippen LogP contribution in [0.25, 0.3) is 10.4 Å². The molecule has 6 heteroatoms. The van der Waals surface area contributed by atoms with Crippen molar-refractivity contribution in [2.75, 3.05) is 6.61 Å². The lowest BCUT2D eigenvalue weighted by molar-refractivity contribution is 0.0805. The predicted molar refractivity (Wildman–Crippen MR) is 76.9 cm³/mol. The van der Waals surface area contributed by atoms with Gasteiger partial charge in [-0.25, -0.2) is 0 Å². The fourth-order valence-corrected chi connectivity index (χ4v) is 3.30. The highest BCUT2D eigenvalue weighted by Gasteiger charge is 2.23. The molecular formula is C14H14N2O3S. The van der Waals surface area contributed by atoms with Gasteiger partial charge in [-0.2, -0.15) is 0 Å². The molecule has 0 atom stereocenters. The maximum Gasteiger partial charge on any atom is 0.254 e. The molecule has 0 fully saturated rings. The average Bonchev–Trinajstić information content (AvgIpc) is 2.84. The number of amides is 1. The van der Waals surface area contributed by atoms with Crippen LogP contribution in [-0.4, -0.2) is 17.1 Å². The molecule has 0 spiro atoms. The van der Waals surface area contributed by atoms with Crippen LogP contribution in [0.5, 0.6) is 0 Å². The molecule has 3 rings (SSSR count). The van der Waals surface area contributed by atoms with Gasteiger partial charge >= 0.3 is 0 Å². The Kier molecular flexibility index (Phi) is 3.19. The van der Waals surface area contributed by atoms with Crippen molar-refractivity contribution in [3.63, 3.8) is 0 Å². The molecular weight excluding hydrogens is 276 g/mol. The summed E-state index contributed by atoms with van der Waals surface area (Å²) in [5.41, 5.74) is 7.33. The highest BCUT2D eigenvalue weighted by molar-refractivity contribution is 7.13. The van der Waals surface area contributed by atoms with E-state index in [-0.39, 0.29) is 17.6 Å². The molecule has 0 saturated heterocycles. The van der Waals surface area contributed by atoms with Gasteiger partial charge < -0.3 is 15.0 Å². The van der Waals surface area contributed by atoms with Crippen molar-refractivity contribution in [2.24, 2.45) is 5.73 Å². The van der Waals surface area contributed by atoms with E-state index >= 15 is 0 Å². The molecule has 0 radical (unpaired) electrons. The molecule has 5 nitrogen and oxygen atoms in total. The van der Waals surface area contributed by atoms with Gasteiger partial charge in [0.15, 0.2) is 0 Å². The maximum atomic E-state index is 12.5.